The summed E-state index contributed by atoms with van der Waals surface area (Å²) in [6.07, 6.45) is 2.73. The van der Waals surface area contributed by atoms with E-state index in [1.54, 1.807) is 0 Å². The van der Waals surface area contributed by atoms with Crippen LogP contribution in [0.15, 0.2) is 0 Å². The molecule has 15 heavy (non-hydrogen) atoms. The Hall–Kier alpha value is -0.610. The average Bonchev–Trinajstić information content (AvgIpc) is 2.18. The van der Waals surface area contributed by atoms with E-state index >= 15 is 0 Å². The molecule has 1 fully saturated rings. The molecule has 2 unspecified atom stereocenters. The molecule has 2 N–H and O–H groups in total. The number of aliphatic hydroxyl groups is 1. The van der Waals surface area contributed by atoms with Crippen LogP contribution in [0.25, 0.3) is 0 Å². The van der Waals surface area contributed by atoms with Gasteiger partial charge < -0.3 is 15.1 Å². The van der Waals surface area contributed by atoms with Crippen LogP contribution in [0.1, 0.15) is 32.6 Å². The van der Waals surface area contributed by atoms with Gasteiger partial charge in [-0.3, -0.25) is 4.79 Å². The predicted molar refractivity (Wildman–Crippen MR) is 57.7 cm³/mol. The van der Waals surface area contributed by atoms with E-state index in [1.807, 2.05) is 0 Å². The molecule has 1 heterocycles. The van der Waals surface area contributed by atoms with Crippen molar-refractivity contribution in [2.45, 2.75) is 38.7 Å². The molecule has 1 aliphatic rings. The normalized spacial score (nSPS) is 27.9. The number of rotatable bonds is 5. The van der Waals surface area contributed by atoms with E-state index in [0.717, 1.165) is 38.9 Å². The number of nitrogens with zero attached hydrogens (tertiary/aromatic N) is 1. The number of β-amino-alcohol motifs (C(OH)–C–C–N with tert-alkyl or cyclic N) is 1. The van der Waals surface area contributed by atoms with Crippen molar-refractivity contribution in [3.63, 3.8) is 0 Å². The van der Waals surface area contributed by atoms with Gasteiger partial charge in [0.05, 0.1) is 6.10 Å². The maximum Gasteiger partial charge on any atom is 0.303 e. The Morgan fingerprint density at radius 2 is 2.20 bits per heavy atom. The van der Waals surface area contributed by atoms with Gasteiger partial charge in [0, 0.05) is 13.0 Å². The van der Waals surface area contributed by atoms with Gasteiger partial charge in [-0.2, -0.15) is 0 Å². The number of unbranched alkanes of at least 4 members (excludes halogenated alkanes) is 1. The average molecular weight is 215 g/mol. The van der Waals surface area contributed by atoms with Gasteiger partial charge in [0.25, 0.3) is 0 Å². The molecule has 0 radical (unpaired) electrons. The number of aliphatic hydroxyl groups excluding tert-OH is 1. The third kappa shape index (κ3) is 4.62. The third-order valence-corrected chi connectivity index (χ3v) is 3.12. The van der Waals surface area contributed by atoms with Crippen molar-refractivity contribution in [3.8, 4) is 0 Å². The van der Waals surface area contributed by atoms with Crippen molar-refractivity contribution in [2.75, 3.05) is 19.6 Å². The second-order valence-electron chi connectivity index (χ2n) is 4.48. The molecule has 1 saturated heterocycles. The summed E-state index contributed by atoms with van der Waals surface area (Å²) in [5, 5.41) is 18.1. The first-order valence-corrected chi connectivity index (χ1v) is 5.72. The molecule has 0 amide bonds. The quantitative estimate of drug-likeness (QED) is 0.670. The standard InChI is InChI=1S/C11H21NO3/c1-9-5-7-12(8-10(9)13)6-3-2-4-11(14)15/h9-10,13H,2-8H2,1H3,(H,14,15). The maximum absolute atomic E-state index is 10.3. The highest BCUT2D eigenvalue weighted by atomic mass is 16.4. The highest BCUT2D eigenvalue weighted by molar-refractivity contribution is 5.66. The number of aliphatic carboxylic acids is 1. The number of piperidine rings is 1. The lowest BCUT2D eigenvalue weighted by Gasteiger charge is -2.34. The summed E-state index contributed by atoms with van der Waals surface area (Å²) in [5.41, 5.74) is 0. The highest BCUT2D eigenvalue weighted by Gasteiger charge is 2.23. The monoisotopic (exact) mass is 215 g/mol. The number of likely N-dealkylation sites (tertiary alicyclic amines) is 1. The Bertz CT molecular complexity index is 208. The lowest BCUT2D eigenvalue weighted by atomic mass is 9.96. The molecule has 0 spiro atoms. The summed E-state index contributed by atoms with van der Waals surface area (Å²) in [5.74, 6) is -0.317. The summed E-state index contributed by atoms with van der Waals surface area (Å²) in [7, 11) is 0. The molecule has 0 aliphatic carbocycles. The van der Waals surface area contributed by atoms with Gasteiger partial charge in [-0.25, -0.2) is 0 Å². The van der Waals surface area contributed by atoms with Crippen molar-refractivity contribution >= 4 is 5.97 Å². The molecule has 1 rings (SSSR count). The molecule has 0 aromatic rings. The fraction of sp³-hybridized carbons (Fsp3) is 0.909. The minimum absolute atomic E-state index is 0.210. The van der Waals surface area contributed by atoms with Crippen LogP contribution in [0, 0.1) is 5.92 Å². The topological polar surface area (TPSA) is 60.8 Å². The van der Waals surface area contributed by atoms with Crippen LogP contribution in [0.5, 0.6) is 0 Å². The van der Waals surface area contributed by atoms with Crippen LogP contribution < -0.4 is 0 Å². The second-order valence-corrected chi connectivity index (χ2v) is 4.48. The van der Waals surface area contributed by atoms with Crippen LogP contribution in [0.4, 0.5) is 0 Å². The number of hydrogen-bond donors (Lipinski definition) is 2. The van der Waals surface area contributed by atoms with Crippen molar-refractivity contribution in [3.05, 3.63) is 0 Å². The predicted octanol–water partition coefficient (Wildman–Crippen LogP) is 0.944. The van der Waals surface area contributed by atoms with Crippen LogP contribution in [-0.4, -0.2) is 46.8 Å². The van der Waals surface area contributed by atoms with Gasteiger partial charge in [0.15, 0.2) is 0 Å². The van der Waals surface area contributed by atoms with E-state index < -0.39 is 5.97 Å². The summed E-state index contributed by atoms with van der Waals surface area (Å²) in [6.45, 7) is 4.77. The van der Waals surface area contributed by atoms with E-state index in [2.05, 4.69) is 11.8 Å². The Morgan fingerprint density at radius 1 is 1.47 bits per heavy atom. The van der Waals surface area contributed by atoms with E-state index in [-0.39, 0.29) is 12.5 Å². The second kappa shape index (κ2) is 6.08. The zero-order valence-electron chi connectivity index (χ0n) is 9.35. The highest BCUT2D eigenvalue weighted by Crippen LogP contribution is 2.17. The molecule has 1 aliphatic heterocycles. The summed E-state index contributed by atoms with van der Waals surface area (Å²) < 4.78 is 0. The van der Waals surface area contributed by atoms with Crippen LogP contribution in [0.3, 0.4) is 0 Å². The van der Waals surface area contributed by atoms with Crippen LogP contribution in [-0.2, 0) is 4.79 Å². The molecule has 88 valence electrons. The fourth-order valence-corrected chi connectivity index (χ4v) is 1.93. The van der Waals surface area contributed by atoms with Crippen molar-refractivity contribution in [2.24, 2.45) is 5.92 Å². The van der Waals surface area contributed by atoms with Gasteiger partial charge >= 0.3 is 5.97 Å². The number of hydrogen-bond acceptors (Lipinski definition) is 3. The first-order chi connectivity index (χ1) is 7.09. The molecular weight excluding hydrogens is 194 g/mol. The van der Waals surface area contributed by atoms with E-state index in [0.29, 0.717) is 5.92 Å². The van der Waals surface area contributed by atoms with Gasteiger partial charge in [0.1, 0.15) is 0 Å². The Labute approximate surface area is 90.9 Å². The van der Waals surface area contributed by atoms with Crippen LogP contribution >= 0.6 is 0 Å². The van der Waals surface area contributed by atoms with Gasteiger partial charge in [0.2, 0.25) is 0 Å². The first-order valence-electron chi connectivity index (χ1n) is 5.72. The Kier molecular flexibility index (Phi) is 5.05. The molecule has 0 aromatic carbocycles. The molecule has 0 bridgehead atoms. The Balaban J connectivity index is 2.09. The molecule has 4 nitrogen and oxygen atoms in total. The SMILES string of the molecule is CC1CCN(CCCCC(=O)O)CC1O. The lowest BCUT2D eigenvalue weighted by Crippen LogP contribution is -2.43. The zero-order valence-corrected chi connectivity index (χ0v) is 9.35. The van der Waals surface area contributed by atoms with Crippen molar-refractivity contribution in [1.82, 2.24) is 4.90 Å². The smallest absolute Gasteiger partial charge is 0.303 e. The van der Waals surface area contributed by atoms with Crippen molar-refractivity contribution in [1.29, 1.82) is 0 Å². The largest absolute Gasteiger partial charge is 0.481 e. The molecular formula is C11H21NO3. The van der Waals surface area contributed by atoms with Gasteiger partial charge in [-0.1, -0.05) is 6.92 Å². The van der Waals surface area contributed by atoms with Gasteiger partial charge in [-0.15, -0.1) is 0 Å². The number of carboxylic acids is 1. The minimum Gasteiger partial charge on any atom is -0.481 e. The summed E-state index contributed by atoms with van der Waals surface area (Å²) >= 11 is 0. The lowest BCUT2D eigenvalue weighted by molar-refractivity contribution is -0.137. The number of carboxylic acid groups (broad SMARTS) is 1. The number of carbonyl (C=O) groups is 1. The maximum atomic E-state index is 10.3. The van der Waals surface area contributed by atoms with Crippen molar-refractivity contribution < 1.29 is 15.0 Å². The first kappa shape index (κ1) is 12.5. The fourth-order valence-electron chi connectivity index (χ4n) is 1.93. The molecule has 2 atom stereocenters. The van der Waals surface area contributed by atoms with E-state index in [9.17, 15) is 9.90 Å². The third-order valence-electron chi connectivity index (χ3n) is 3.12. The molecule has 0 aromatic heterocycles. The van der Waals surface area contributed by atoms with Gasteiger partial charge in [-0.05, 0) is 38.3 Å². The minimum atomic E-state index is -0.720. The molecule has 0 saturated carbocycles. The van der Waals surface area contributed by atoms with E-state index in [4.69, 9.17) is 5.11 Å². The Morgan fingerprint density at radius 3 is 2.80 bits per heavy atom. The van der Waals surface area contributed by atoms with E-state index in [1.165, 1.54) is 0 Å². The zero-order chi connectivity index (χ0) is 11.3. The van der Waals surface area contributed by atoms with Crippen LogP contribution in [0.2, 0.25) is 0 Å². The summed E-state index contributed by atoms with van der Waals surface area (Å²) in [4.78, 5) is 12.5. The molecule has 4 heteroatoms. The summed E-state index contributed by atoms with van der Waals surface area (Å²) in [6, 6.07) is 0.